The number of nitro benzene ring substituents is 1. The number of hydrogen-bond donors (Lipinski definition) is 0. The highest BCUT2D eigenvalue weighted by Crippen LogP contribution is 2.38. The highest BCUT2D eigenvalue weighted by atomic mass is 16.6. The summed E-state index contributed by atoms with van der Waals surface area (Å²) in [5.41, 5.74) is 0.437. The summed E-state index contributed by atoms with van der Waals surface area (Å²) >= 11 is 0. The molecule has 1 aliphatic carbocycles. The zero-order valence-electron chi connectivity index (χ0n) is 12.3. The van der Waals surface area contributed by atoms with E-state index >= 15 is 0 Å². The van der Waals surface area contributed by atoms with Gasteiger partial charge in [0.25, 0.3) is 5.69 Å². The number of nitro groups is 1. The fourth-order valence-electron chi connectivity index (χ4n) is 3.09. The fourth-order valence-corrected chi connectivity index (χ4v) is 3.09. The standard InChI is InChI=1S/C16H20N2O3/c1-21-15-9-13(8-14(10-15)18(19)20)11-16(12-17)6-4-2-3-5-7-16/h8-10H,2-7,11H2,1H3. The van der Waals surface area contributed by atoms with Crippen LogP contribution in [0.2, 0.25) is 0 Å². The number of rotatable bonds is 4. The first-order chi connectivity index (χ1) is 10.1. The normalized spacial score (nSPS) is 17.5. The molecule has 5 heteroatoms. The van der Waals surface area contributed by atoms with E-state index in [2.05, 4.69) is 6.07 Å². The fraction of sp³-hybridized carbons (Fsp3) is 0.562. The smallest absolute Gasteiger partial charge is 0.273 e. The van der Waals surface area contributed by atoms with Gasteiger partial charge < -0.3 is 4.74 Å². The molecule has 1 aromatic carbocycles. The average Bonchev–Trinajstić information content (AvgIpc) is 2.73. The Morgan fingerprint density at radius 2 is 1.95 bits per heavy atom. The van der Waals surface area contributed by atoms with E-state index in [0.29, 0.717) is 12.2 Å². The molecule has 0 aromatic heterocycles. The van der Waals surface area contributed by atoms with Crippen LogP contribution in [0.4, 0.5) is 5.69 Å². The summed E-state index contributed by atoms with van der Waals surface area (Å²) in [6, 6.07) is 7.26. The van der Waals surface area contributed by atoms with E-state index in [1.54, 1.807) is 12.1 Å². The Morgan fingerprint density at radius 1 is 1.29 bits per heavy atom. The van der Waals surface area contributed by atoms with Gasteiger partial charge >= 0.3 is 0 Å². The lowest BCUT2D eigenvalue weighted by molar-refractivity contribution is -0.385. The second-order valence-electron chi connectivity index (χ2n) is 5.78. The molecule has 0 aliphatic heterocycles. The summed E-state index contributed by atoms with van der Waals surface area (Å²) in [7, 11) is 1.49. The van der Waals surface area contributed by atoms with Crippen LogP contribution < -0.4 is 4.74 Å². The molecule has 0 atom stereocenters. The van der Waals surface area contributed by atoms with Crippen molar-refractivity contribution in [2.24, 2.45) is 5.41 Å². The average molecular weight is 288 g/mol. The molecule has 0 amide bonds. The maximum atomic E-state index is 11.0. The third-order valence-corrected chi connectivity index (χ3v) is 4.24. The largest absolute Gasteiger partial charge is 0.496 e. The lowest BCUT2D eigenvalue weighted by atomic mass is 9.76. The third-order valence-electron chi connectivity index (χ3n) is 4.24. The van der Waals surface area contributed by atoms with Gasteiger partial charge in [0, 0.05) is 6.07 Å². The molecule has 0 bridgehead atoms. The van der Waals surface area contributed by atoms with Crippen molar-refractivity contribution in [3.05, 3.63) is 33.9 Å². The maximum Gasteiger partial charge on any atom is 0.273 e. The van der Waals surface area contributed by atoms with Crippen molar-refractivity contribution < 1.29 is 9.66 Å². The molecule has 21 heavy (non-hydrogen) atoms. The van der Waals surface area contributed by atoms with Crippen molar-refractivity contribution in [1.82, 2.24) is 0 Å². The quantitative estimate of drug-likeness (QED) is 0.476. The molecule has 0 saturated heterocycles. The number of non-ortho nitro benzene ring substituents is 1. The first-order valence-electron chi connectivity index (χ1n) is 7.32. The van der Waals surface area contributed by atoms with Gasteiger partial charge in [-0.15, -0.1) is 0 Å². The molecule has 1 fully saturated rings. The van der Waals surface area contributed by atoms with Crippen molar-refractivity contribution in [3.8, 4) is 11.8 Å². The molecule has 5 nitrogen and oxygen atoms in total. The second kappa shape index (κ2) is 6.57. The molecule has 2 rings (SSSR count). The van der Waals surface area contributed by atoms with Gasteiger partial charge in [-0.2, -0.15) is 5.26 Å². The Kier molecular flexibility index (Phi) is 4.79. The maximum absolute atomic E-state index is 11.0. The summed E-state index contributed by atoms with van der Waals surface area (Å²) in [5, 5.41) is 20.6. The minimum Gasteiger partial charge on any atom is -0.496 e. The van der Waals surface area contributed by atoms with E-state index in [1.165, 1.54) is 26.0 Å². The van der Waals surface area contributed by atoms with E-state index in [-0.39, 0.29) is 5.69 Å². The van der Waals surface area contributed by atoms with Gasteiger partial charge in [0.1, 0.15) is 5.75 Å². The molecule has 0 radical (unpaired) electrons. The van der Waals surface area contributed by atoms with Crippen LogP contribution in [0, 0.1) is 26.9 Å². The molecule has 0 unspecified atom stereocenters. The van der Waals surface area contributed by atoms with E-state index in [9.17, 15) is 15.4 Å². The van der Waals surface area contributed by atoms with E-state index in [1.807, 2.05) is 0 Å². The van der Waals surface area contributed by atoms with Gasteiger partial charge in [0.15, 0.2) is 0 Å². The molecule has 1 aliphatic rings. The predicted molar refractivity (Wildman–Crippen MR) is 79.1 cm³/mol. The van der Waals surface area contributed by atoms with Crippen LogP contribution >= 0.6 is 0 Å². The molecule has 0 spiro atoms. The van der Waals surface area contributed by atoms with Crippen LogP contribution in [0.5, 0.6) is 5.75 Å². The Morgan fingerprint density at radius 3 is 2.48 bits per heavy atom. The third kappa shape index (κ3) is 3.72. The zero-order valence-corrected chi connectivity index (χ0v) is 12.3. The first-order valence-corrected chi connectivity index (χ1v) is 7.32. The van der Waals surface area contributed by atoms with Gasteiger partial charge in [-0.1, -0.05) is 25.7 Å². The van der Waals surface area contributed by atoms with Gasteiger partial charge in [-0.25, -0.2) is 0 Å². The molecule has 0 N–H and O–H groups in total. The molecule has 1 aromatic rings. The topological polar surface area (TPSA) is 76.2 Å². The van der Waals surface area contributed by atoms with Crippen LogP contribution in [-0.2, 0) is 6.42 Å². The highest BCUT2D eigenvalue weighted by Gasteiger charge is 2.31. The molecule has 112 valence electrons. The monoisotopic (exact) mass is 288 g/mol. The van der Waals surface area contributed by atoms with Crippen LogP contribution in [0.15, 0.2) is 18.2 Å². The van der Waals surface area contributed by atoms with Crippen molar-refractivity contribution in [1.29, 1.82) is 5.26 Å². The van der Waals surface area contributed by atoms with Crippen molar-refractivity contribution in [3.63, 3.8) is 0 Å². The number of hydrogen-bond acceptors (Lipinski definition) is 4. The van der Waals surface area contributed by atoms with Crippen LogP contribution in [-0.4, -0.2) is 12.0 Å². The summed E-state index contributed by atoms with van der Waals surface area (Å²) in [4.78, 5) is 10.6. The molecule has 1 saturated carbocycles. The molecular formula is C16H20N2O3. The second-order valence-corrected chi connectivity index (χ2v) is 5.78. The van der Waals surface area contributed by atoms with E-state index in [4.69, 9.17) is 4.74 Å². The SMILES string of the molecule is COc1cc(CC2(C#N)CCCCCC2)cc([N+](=O)[O-])c1. The summed E-state index contributed by atoms with van der Waals surface area (Å²) in [5.74, 6) is 0.473. The number of methoxy groups -OCH3 is 1. The van der Waals surface area contributed by atoms with Crippen LogP contribution in [0.1, 0.15) is 44.1 Å². The van der Waals surface area contributed by atoms with Gasteiger partial charge in [0.05, 0.1) is 29.6 Å². The van der Waals surface area contributed by atoms with Crippen molar-refractivity contribution in [2.45, 2.75) is 44.9 Å². The van der Waals surface area contributed by atoms with Crippen LogP contribution in [0.3, 0.4) is 0 Å². The van der Waals surface area contributed by atoms with Crippen LogP contribution in [0.25, 0.3) is 0 Å². The van der Waals surface area contributed by atoms with Crippen molar-refractivity contribution >= 4 is 5.69 Å². The number of ether oxygens (including phenoxy) is 1. The molecule has 0 heterocycles. The Balaban J connectivity index is 2.30. The highest BCUT2D eigenvalue weighted by molar-refractivity contribution is 5.43. The predicted octanol–water partition coefficient (Wildman–Crippen LogP) is 4.01. The Bertz CT molecular complexity index is 555. The van der Waals surface area contributed by atoms with Gasteiger partial charge in [0.2, 0.25) is 0 Å². The van der Waals surface area contributed by atoms with Gasteiger partial charge in [-0.3, -0.25) is 10.1 Å². The zero-order chi connectivity index (χ0) is 15.3. The lowest BCUT2D eigenvalue weighted by Gasteiger charge is -2.25. The molecular weight excluding hydrogens is 268 g/mol. The minimum atomic E-state index is -0.418. The summed E-state index contributed by atoms with van der Waals surface area (Å²) in [6.45, 7) is 0. The summed E-state index contributed by atoms with van der Waals surface area (Å²) < 4.78 is 5.14. The van der Waals surface area contributed by atoms with Crippen molar-refractivity contribution in [2.75, 3.05) is 7.11 Å². The van der Waals surface area contributed by atoms with E-state index < -0.39 is 10.3 Å². The number of nitrogens with zero attached hydrogens (tertiary/aromatic N) is 2. The summed E-state index contributed by atoms with van der Waals surface area (Å²) in [6.07, 6.45) is 6.74. The Hall–Kier alpha value is -2.09. The Labute approximate surface area is 124 Å². The van der Waals surface area contributed by atoms with Gasteiger partial charge in [-0.05, 0) is 30.9 Å². The first kappa shape index (κ1) is 15.3. The van der Waals surface area contributed by atoms with E-state index in [0.717, 1.165) is 31.2 Å². The minimum absolute atomic E-state index is 0.0195. The number of nitriles is 1. The lowest BCUT2D eigenvalue weighted by Crippen LogP contribution is -2.21. The number of benzene rings is 1.